The topological polar surface area (TPSA) is 38.7 Å². The van der Waals surface area contributed by atoms with Crippen LogP contribution in [-0.4, -0.2) is 15.0 Å². The van der Waals surface area contributed by atoms with Crippen molar-refractivity contribution < 1.29 is 0 Å². The lowest BCUT2D eigenvalue weighted by Crippen LogP contribution is -1.98. The summed E-state index contributed by atoms with van der Waals surface area (Å²) in [6, 6.07) is 41.4. The van der Waals surface area contributed by atoms with Crippen molar-refractivity contribution in [1.29, 1.82) is 0 Å². The maximum atomic E-state index is 6.41. The first-order valence-electron chi connectivity index (χ1n) is 11.4. The molecular formula is C31H20ClN3. The Morgan fingerprint density at radius 1 is 0.400 bits per heavy atom. The molecule has 0 atom stereocenters. The Morgan fingerprint density at radius 3 is 1.89 bits per heavy atom. The molecule has 3 nitrogen and oxygen atoms in total. The van der Waals surface area contributed by atoms with E-state index < -0.39 is 0 Å². The Bertz CT molecular complexity index is 1660. The average Bonchev–Trinajstić information content (AvgIpc) is 2.93. The largest absolute Gasteiger partial charge is 0.226 e. The van der Waals surface area contributed by atoms with E-state index in [1.54, 1.807) is 0 Å². The number of aromatic nitrogens is 3. The molecule has 0 aliphatic rings. The number of hydrogen-bond acceptors (Lipinski definition) is 3. The van der Waals surface area contributed by atoms with Gasteiger partial charge in [0.05, 0.1) is 0 Å². The van der Waals surface area contributed by atoms with Gasteiger partial charge in [0.1, 0.15) is 0 Å². The lowest BCUT2D eigenvalue weighted by Gasteiger charge is -2.11. The highest BCUT2D eigenvalue weighted by molar-refractivity contribution is 6.28. The zero-order valence-electron chi connectivity index (χ0n) is 18.8. The highest BCUT2D eigenvalue weighted by Crippen LogP contribution is 2.32. The van der Waals surface area contributed by atoms with Crippen molar-refractivity contribution in [1.82, 2.24) is 15.0 Å². The molecule has 0 N–H and O–H groups in total. The molecule has 166 valence electrons. The number of fused-ring (bicyclic) bond motifs is 1. The van der Waals surface area contributed by atoms with Crippen LogP contribution < -0.4 is 0 Å². The van der Waals surface area contributed by atoms with Gasteiger partial charge in [0.2, 0.25) is 5.28 Å². The summed E-state index contributed by atoms with van der Waals surface area (Å²) in [5.41, 5.74) is 6.18. The molecular weight excluding hydrogens is 450 g/mol. The van der Waals surface area contributed by atoms with E-state index in [0.29, 0.717) is 11.6 Å². The molecule has 0 aliphatic carbocycles. The molecule has 0 radical (unpaired) electrons. The molecule has 5 aromatic carbocycles. The summed E-state index contributed by atoms with van der Waals surface area (Å²) in [6.07, 6.45) is 0. The predicted molar refractivity (Wildman–Crippen MR) is 144 cm³/mol. The van der Waals surface area contributed by atoms with Gasteiger partial charge in [-0.1, -0.05) is 109 Å². The maximum absolute atomic E-state index is 6.41. The Hall–Kier alpha value is -4.34. The smallest absolute Gasteiger partial charge is 0.208 e. The van der Waals surface area contributed by atoms with Crippen molar-refractivity contribution >= 4 is 22.4 Å². The van der Waals surface area contributed by atoms with Crippen LogP contribution in [0, 0.1) is 0 Å². The Balaban J connectivity index is 1.44. The van der Waals surface area contributed by atoms with E-state index in [4.69, 9.17) is 16.6 Å². The van der Waals surface area contributed by atoms with E-state index >= 15 is 0 Å². The van der Waals surface area contributed by atoms with Crippen molar-refractivity contribution in [3.05, 3.63) is 127 Å². The van der Waals surface area contributed by atoms with Gasteiger partial charge in [0.15, 0.2) is 11.6 Å². The number of hydrogen-bond donors (Lipinski definition) is 0. The number of benzene rings is 5. The monoisotopic (exact) mass is 469 g/mol. The van der Waals surface area contributed by atoms with Gasteiger partial charge in [-0.3, -0.25) is 0 Å². The molecule has 0 saturated heterocycles. The Labute approximate surface area is 208 Å². The number of nitrogens with zero attached hydrogens (tertiary/aromatic N) is 3. The summed E-state index contributed by atoms with van der Waals surface area (Å²) >= 11 is 6.41. The lowest BCUT2D eigenvalue weighted by atomic mass is 9.99. The summed E-state index contributed by atoms with van der Waals surface area (Å²) in [6.45, 7) is 0. The molecule has 35 heavy (non-hydrogen) atoms. The van der Waals surface area contributed by atoms with Crippen molar-refractivity contribution in [3.63, 3.8) is 0 Å². The summed E-state index contributed by atoms with van der Waals surface area (Å²) < 4.78 is 0. The molecule has 1 heterocycles. The van der Waals surface area contributed by atoms with Crippen LogP contribution in [0.4, 0.5) is 0 Å². The van der Waals surface area contributed by atoms with Gasteiger partial charge in [-0.25, -0.2) is 4.98 Å². The van der Waals surface area contributed by atoms with E-state index in [0.717, 1.165) is 33.4 Å². The van der Waals surface area contributed by atoms with Crippen LogP contribution in [0.5, 0.6) is 0 Å². The molecule has 4 heteroatoms. The van der Waals surface area contributed by atoms with Gasteiger partial charge in [0.25, 0.3) is 0 Å². The van der Waals surface area contributed by atoms with Crippen LogP contribution >= 0.6 is 11.6 Å². The second-order valence-corrected chi connectivity index (χ2v) is 8.64. The summed E-state index contributed by atoms with van der Waals surface area (Å²) in [4.78, 5) is 13.8. The number of halogens is 1. The summed E-state index contributed by atoms with van der Waals surface area (Å²) in [7, 11) is 0. The van der Waals surface area contributed by atoms with E-state index in [1.807, 2.05) is 48.5 Å². The molecule has 0 unspecified atom stereocenters. The standard InChI is InChI=1S/C31H20ClN3/c32-31-34-29(33-30(35-31)28-16-7-6-15-27(28)22-10-2-1-3-11-22)26-14-8-13-24(20-26)25-18-17-21-9-4-5-12-23(21)19-25/h1-20H. The zero-order valence-corrected chi connectivity index (χ0v) is 19.5. The summed E-state index contributed by atoms with van der Waals surface area (Å²) in [5, 5.41) is 2.60. The van der Waals surface area contributed by atoms with E-state index in [2.05, 4.69) is 82.8 Å². The van der Waals surface area contributed by atoms with Crippen LogP contribution in [0.1, 0.15) is 0 Å². The van der Waals surface area contributed by atoms with Crippen molar-refractivity contribution in [2.45, 2.75) is 0 Å². The number of rotatable bonds is 4. The van der Waals surface area contributed by atoms with Crippen LogP contribution in [0.3, 0.4) is 0 Å². The van der Waals surface area contributed by atoms with Crippen LogP contribution in [0.25, 0.3) is 55.8 Å². The molecule has 0 saturated carbocycles. The Kier molecular flexibility index (Phi) is 5.53. The van der Waals surface area contributed by atoms with Crippen molar-refractivity contribution in [2.75, 3.05) is 0 Å². The molecule has 6 aromatic rings. The molecule has 0 amide bonds. The quantitative estimate of drug-likeness (QED) is 0.260. The van der Waals surface area contributed by atoms with Gasteiger partial charge in [0, 0.05) is 11.1 Å². The second-order valence-electron chi connectivity index (χ2n) is 8.31. The molecule has 1 aromatic heterocycles. The molecule has 0 spiro atoms. The minimum absolute atomic E-state index is 0.170. The van der Waals surface area contributed by atoms with Gasteiger partial charge in [-0.05, 0) is 56.8 Å². The highest BCUT2D eigenvalue weighted by Gasteiger charge is 2.14. The SMILES string of the molecule is Clc1nc(-c2cccc(-c3ccc4ccccc4c3)c2)nc(-c2ccccc2-c2ccccc2)n1. The molecule has 0 aliphatic heterocycles. The fourth-order valence-electron chi connectivity index (χ4n) is 4.35. The van der Waals surface area contributed by atoms with Gasteiger partial charge in [-0.2, -0.15) is 9.97 Å². The fourth-order valence-corrected chi connectivity index (χ4v) is 4.51. The minimum atomic E-state index is 0.170. The first-order chi connectivity index (χ1) is 17.2. The van der Waals surface area contributed by atoms with Crippen molar-refractivity contribution in [2.24, 2.45) is 0 Å². The van der Waals surface area contributed by atoms with E-state index in [1.165, 1.54) is 10.8 Å². The predicted octanol–water partition coefficient (Wildman–Crippen LogP) is 8.35. The average molecular weight is 470 g/mol. The van der Waals surface area contributed by atoms with E-state index in [-0.39, 0.29) is 5.28 Å². The van der Waals surface area contributed by atoms with Crippen LogP contribution in [0.2, 0.25) is 5.28 Å². The first-order valence-corrected chi connectivity index (χ1v) is 11.8. The van der Waals surface area contributed by atoms with E-state index in [9.17, 15) is 0 Å². The lowest BCUT2D eigenvalue weighted by molar-refractivity contribution is 1.07. The highest BCUT2D eigenvalue weighted by atomic mass is 35.5. The molecule has 6 rings (SSSR count). The van der Waals surface area contributed by atoms with Gasteiger partial charge < -0.3 is 0 Å². The first kappa shape index (κ1) is 21.2. The Morgan fingerprint density at radius 2 is 1.03 bits per heavy atom. The third-order valence-corrected chi connectivity index (χ3v) is 6.23. The fraction of sp³-hybridized carbons (Fsp3) is 0. The molecule has 0 bridgehead atoms. The van der Waals surface area contributed by atoms with Crippen molar-refractivity contribution in [3.8, 4) is 45.0 Å². The van der Waals surface area contributed by atoms with Gasteiger partial charge in [-0.15, -0.1) is 0 Å². The minimum Gasteiger partial charge on any atom is -0.208 e. The normalized spacial score (nSPS) is 11.0. The third kappa shape index (κ3) is 4.30. The van der Waals surface area contributed by atoms with Gasteiger partial charge >= 0.3 is 0 Å². The summed E-state index contributed by atoms with van der Waals surface area (Å²) in [5.74, 6) is 1.10. The zero-order chi connectivity index (χ0) is 23.6. The molecule has 0 fully saturated rings. The second kappa shape index (κ2) is 9.13. The third-order valence-electron chi connectivity index (χ3n) is 6.06. The van der Waals surface area contributed by atoms with Crippen LogP contribution in [-0.2, 0) is 0 Å². The maximum Gasteiger partial charge on any atom is 0.226 e. The van der Waals surface area contributed by atoms with Crippen LogP contribution in [0.15, 0.2) is 121 Å².